The third kappa shape index (κ3) is 2.93. The Bertz CT molecular complexity index is 1560. The molecule has 0 spiro atoms. The lowest BCUT2D eigenvalue weighted by atomic mass is 9.61. The van der Waals surface area contributed by atoms with Gasteiger partial charge in [-0.25, -0.2) is 4.90 Å². The number of carbonyl (C=O) groups is 2. The highest BCUT2D eigenvalue weighted by Gasteiger charge is 2.78. The predicted octanol–water partition coefficient (Wildman–Crippen LogP) is 6.35. The zero-order valence-electron chi connectivity index (χ0n) is 20.8. The van der Waals surface area contributed by atoms with Crippen molar-refractivity contribution < 1.29 is 27.5 Å². The van der Waals surface area contributed by atoms with E-state index < -0.39 is 46.6 Å². The summed E-state index contributed by atoms with van der Waals surface area (Å²) in [5.74, 6) is -3.08. The van der Waals surface area contributed by atoms with Gasteiger partial charge in [0.15, 0.2) is 0 Å². The number of benzene rings is 4. The molecule has 2 bridgehead atoms. The first-order chi connectivity index (χ1) is 18.7. The zero-order chi connectivity index (χ0) is 27.2. The number of fused-ring (bicyclic) bond motifs is 8. The molecule has 0 radical (unpaired) electrons. The molecule has 4 atom stereocenters. The molecular formula is C32H22F3NO3. The Kier molecular flexibility index (Phi) is 4.83. The van der Waals surface area contributed by atoms with Gasteiger partial charge in [0.2, 0.25) is 11.8 Å². The Hall–Kier alpha value is -4.23. The van der Waals surface area contributed by atoms with Gasteiger partial charge < -0.3 is 4.74 Å². The number of carbonyl (C=O) groups excluding carboxylic acids is 2. The summed E-state index contributed by atoms with van der Waals surface area (Å²) in [6.07, 6.45) is -4.63. The summed E-state index contributed by atoms with van der Waals surface area (Å²) >= 11 is 0. The van der Waals surface area contributed by atoms with Crippen LogP contribution in [0, 0.1) is 18.8 Å². The van der Waals surface area contributed by atoms with Gasteiger partial charge in [-0.15, -0.1) is 0 Å². The van der Waals surface area contributed by atoms with Crippen molar-refractivity contribution in [1.29, 1.82) is 0 Å². The fourth-order valence-corrected chi connectivity index (χ4v) is 6.87. The Morgan fingerprint density at radius 1 is 0.692 bits per heavy atom. The van der Waals surface area contributed by atoms with Gasteiger partial charge in [0.05, 0.1) is 23.1 Å². The van der Waals surface area contributed by atoms with E-state index >= 15 is 0 Å². The molecular weight excluding hydrogens is 503 g/mol. The molecule has 194 valence electrons. The van der Waals surface area contributed by atoms with Crippen LogP contribution in [0.1, 0.15) is 33.4 Å². The second kappa shape index (κ2) is 7.90. The maximum atomic E-state index is 14.4. The van der Waals surface area contributed by atoms with E-state index in [1.807, 2.05) is 84.9 Å². The average Bonchev–Trinajstić information content (AvgIpc) is 3.53. The molecule has 0 N–H and O–H groups in total. The van der Waals surface area contributed by atoms with Crippen LogP contribution in [0.25, 0.3) is 0 Å². The molecule has 4 nitrogen and oxygen atoms in total. The van der Waals surface area contributed by atoms with Crippen LogP contribution in [-0.2, 0) is 31.7 Å². The van der Waals surface area contributed by atoms with Gasteiger partial charge in [0.1, 0.15) is 11.2 Å². The highest BCUT2D eigenvalue weighted by molar-refractivity contribution is 6.24. The van der Waals surface area contributed by atoms with Crippen LogP contribution in [0.5, 0.6) is 0 Å². The minimum atomic E-state index is -4.63. The van der Waals surface area contributed by atoms with E-state index in [4.69, 9.17) is 4.74 Å². The smallest absolute Gasteiger partial charge is 0.348 e. The Balaban J connectivity index is 1.52. The molecule has 3 heterocycles. The third-order valence-corrected chi connectivity index (χ3v) is 8.41. The van der Waals surface area contributed by atoms with E-state index in [1.165, 1.54) is 6.07 Å². The molecule has 3 aliphatic rings. The molecule has 0 aromatic heterocycles. The van der Waals surface area contributed by atoms with Crippen LogP contribution in [0.2, 0.25) is 0 Å². The minimum absolute atomic E-state index is 0.0518. The second-order valence-electron chi connectivity index (χ2n) is 10.3. The van der Waals surface area contributed by atoms with Crippen LogP contribution in [0.4, 0.5) is 18.9 Å². The maximum absolute atomic E-state index is 14.4. The summed E-state index contributed by atoms with van der Waals surface area (Å²) in [6.45, 7) is 1.60. The number of amides is 2. The van der Waals surface area contributed by atoms with Crippen LogP contribution in [-0.4, -0.2) is 11.8 Å². The Morgan fingerprint density at radius 2 is 1.15 bits per heavy atom. The van der Waals surface area contributed by atoms with Crippen molar-refractivity contribution in [2.45, 2.75) is 24.3 Å². The van der Waals surface area contributed by atoms with E-state index in [2.05, 4.69) is 0 Å². The largest absolute Gasteiger partial charge is 0.416 e. The maximum Gasteiger partial charge on any atom is 0.416 e. The first-order valence-corrected chi connectivity index (χ1v) is 12.7. The monoisotopic (exact) mass is 525 g/mol. The Labute approximate surface area is 222 Å². The number of hydrogen-bond donors (Lipinski definition) is 0. The first kappa shape index (κ1) is 23.9. The minimum Gasteiger partial charge on any atom is -0.348 e. The highest BCUT2D eigenvalue weighted by Crippen LogP contribution is 2.70. The van der Waals surface area contributed by atoms with Crippen molar-refractivity contribution in [1.82, 2.24) is 0 Å². The number of imide groups is 1. The molecule has 0 aliphatic carbocycles. The third-order valence-electron chi connectivity index (χ3n) is 8.41. The van der Waals surface area contributed by atoms with Gasteiger partial charge >= 0.3 is 6.18 Å². The van der Waals surface area contributed by atoms with Crippen LogP contribution < -0.4 is 4.90 Å². The van der Waals surface area contributed by atoms with Crippen LogP contribution >= 0.6 is 0 Å². The summed E-state index contributed by atoms with van der Waals surface area (Å²) in [5.41, 5.74) is -0.167. The summed E-state index contributed by atoms with van der Waals surface area (Å²) in [4.78, 5) is 29.8. The molecule has 4 aromatic carbocycles. The molecule has 39 heavy (non-hydrogen) atoms. The number of halogens is 3. The van der Waals surface area contributed by atoms with Gasteiger partial charge in [0.25, 0.3) is 0 Å². The second-order valence-corrected chi connectivity index (χ2v) is 10.3. The fraction of sp³-hybridized carbons (Fsp3) is 0.188. The van der Waals surface area contributed by atoms with Crippen molar-refractivity contribution in [2.24, 2.45) is 11.8 Å². The number of anilines is 1. The van der Waals surface area contributed by atoms with Gasteiger partial charge in [-0.1, -0.05) is 91.0 Å². The molecule has 4 aromatic rings. The van der Waals surface area contributed by atoms with Gasteiger partial charge in [-0.2, -0.15) is 13.2 Å². The van der Waals surface area contributed by atoms with Crippen LogP contribution in [0.15, 0.2) is 103 Å². The standard InChI is InChI=1S/C32H22F3NO3/c1-19-16-17-22(32(33,34)35)18-25(19)36-28(37)26-27(29(36)38)31(21-12-6-3-7-13-21)24-15-9-8-14-23(24)30(26,39-31)20-10-4-2-5-11-20/h2-18,26-27H,1H3/t26-,27+,30+,31-. The molecule has 7 heteroatoms. The topological polar surface area (TPSA) is 46.6 Å². The molecule has 7 rings (SSSR count). The van der Waals surface area contributed by atoms with Crippen LogP contribution in [0.3, 0.4) is 0 Å². The van der Waals surface area contributed by atoms with E-state index in [0.29, 0.717) is 16.7 Å². The van der Waals surface area contributed by atoms with E-state index in [1.54, 1.807) is 6.92 Å². The number of hydrogen-bond acceptors (Lipinski definition) is 3. The number of alkyl halides is 3. The van der Waals surface area contributed by atoms with Crippen molar-refractivity contribution in [2.75, 3.05) is 4.90 Å². The molecule has 2 fully saturated rings. The number of rotatable bonds is 3. The van der Waals surface area contributed by atoms with E-state index in [9.17, 15) is 22.8 Å². The van der Waals surface area contributed by atoms with Crippen molar-refractivity contribution in [3.63, 3.8) is 0 Å². The van der Waals surface area contributed by atoms with Gasteiger partial charge in [0, 0.05) is 0 Å². The number of nitrogens with zero attached hydrogens (tertiary/aromatic N) is 1. The van der Waals surface area contributed by atoms with E-state index in [0.717, 1.165) is 28.2 Å². The summed E-state index contributed by atoms with van der Waals surface area (Å²) in [6, 6.07) is 29.3. The summed E-state index contributed by atoms with van der Waals surface area (Å²) in [5, 5.41) is 0. The Morgan fingerprint density at radius 3 is 1.62 bits per heavy atom. The molecule has 0 unspecified atom stereocenters. The summed E-state index contributed by atoms with van der Waals surface area (Å²) < 4.78 is 48.1. The van der Waals surface area contributed by atoms with Crippen molar-refractivity contribution in [3.8, 4) is 0 Å². The van der Waals surface area contributed by atoms with Gasteiger partial charge in [-0.05, 0) is 46.9 Å². The SMILES string of the molecule is Cc1ccc(C(F)(F)F)cc1N1C(=O)[C@@H]2[C@H](C1=O)[C@@]1(c3ccccc3)O[C@]2(c2ccccc2)c2ccccc21. The fourth-order valence-electron chi connectivity index (χ4n) is 6.87. The quantitative estimate of drug-likeness (QED) is 0.293. The molecule has 2 amide bonds. The highest BCUT2D eigenvalue weighted by atomic mass is 19.4. The predicted molar refractivity (Wildman–Crippen MR) is 138 cm³/mol. The number of aryl methyl sites for hydroxylation is 1. The summed E-state index contributed by atoms with van der Waals surface area (Å²) in [7, 11) is 0. The number of ether oxygens (including phenoxy) is 1. The van der Waals surface area contributed by atoms with Gasteiger partial charge in [-0.3, -0.25) is 9.59 Å². The molecule has 3 aliphatic heterocycles. The lowest BCUT2D eigenvalue weighted by Crippen LogP contribution is -2.42. The normalized spacial score (nSPS) is 27.1. The molecule has 2 saturated heterocycles. The lowest BCUT2D eigenvalue weighted by molar-refractivity contribution is -0.138. The lowest BCUT2D eigenvalue weighted by Gasteiger charge is -2.34. The van der Waals surface area contributed by atoms with Crippen molar-refractivity contribution >= 4 is 17.5 Å². The first-order valence-electron chi connectivity index (χ1n) is 12.7. The van der Waals surface area contributed by atoms with E-state index in [-0.39, 0.29) is 5.69 Å². The average molecular weight is 526 g/mol. The molecule has 0 saturated carbocycles. The zero-order valence-corrected chi connectivity index (χ0v) is 20.8. The van der Waals surface area contributed by atoms with Crippen molar-refractivity contribution in [3.05, 3.63) is 137 Å².